The Morgan fingerprint density at radius 2 is 0.732 bits per heavy atom. The monoisotopic (exact) mass is 661 g/mol. The van der Waals surface area contributed by atoms with Gasteiger partial charge in [-0.2, -0.15) is 0 Å². The van der Waals surface area contributed by atoms with Gasteiger partial charge in [0.2, 0.25) is 0 Å². The van der Waals surface area contributed by atoms with Crippen molar-refractivity contribution in [1.82, 2.24) is 0 Å². The Kier molecular flexibility index (Phi) is 11.3. The van der Waals surface area contributed by atoms with Crippen LogP contribution in [0.15, 0.2) is 121 Å². The molecule has 1 radical (unpaired) electrons. The predicted molar refractivity (Wildman–Crippen MR) is 167 cm³/mol. The number of carbonyl (C=O) groups excluding carboxylic acids is 2. The van der Waals surface area contributed by atoms with Crippen LogP contribution in [0.5, 0.6) is 0 Å². The van der Waals surface area contributed by atoms with Crippen LogP contribution < -0.4 is 10.2 Å². The van der Waals surface area contributed by atoms with Gasteiger partial charge in [-0.3, -0.25) is 0 Å². The number of carboxylic acids is 2. The van der Waals surface area contributed by atoms with Crippen LogP contribution in [0.1, 0.15) is 22.3 Å². The summed E-state index contributed by atoms with van der Waals surface area (Å²) in [5.74, 6) is -2.07. The van der Waals surface area contributed by atoms with Gasteiger partial charge < -0.3 is 19.8 Å². The number of carbonyl (C=O) groups is 2. The summed E-state index contributed by atoms with van der Waals surface area (Å²) in [4.78, 5) is 24.8. The van der Waals surface area contributed by atoms with Crippen LogP contribution in [-0.2, 0) is 26.7 Å². The van der Waals surface area contributed by atoms with Crippen molar-refractivity contribution in [2.45, 2.75) is 10.5 Å². The maximum absolute atomic E-state index is 11.4. The van der Waals surface area contributed by atoms with E-state index < -0.39 is 22.4 Å². The zero-order chi connectivity index (χ0) is 27.9. The Balaban J connectivity index is 0.000000184. The molecule has 9 heteroatoms. The molecule has 2 aliphatic rings. The SMILES string of the molecule is O=C([O-])C1SSC(c2ccccc2)=C1c1ccccc1.O=C([O-])C1SSC(c2ccccc2)=C1c1ccccc1.[Cu+2]. The normalized spacial score (nSPS) is 17.9. The van der Waals surface area contributed by atoms with E-state index in [-0.39, 0.29) is 17.1 Å². The number of benzene rings is 4. The molecule has 0 aromatic heterocycles. The average Bonchev–Trinajstić information content (AvgIpc) is 3.65. The van der Waals surface area contributed by atoms with Crippen LogP contribution in [0, 0.1) is 0 Å². The Labute approximate surface area is 265 Å². The van der Waals surface area contributed by atoms with Crippen molar-refractivity contribution in [2.75, 3.05) is 0 Å². The van der Waals surface area contributed by atoms with E-state index >= 15 is 0 Å². The van der Waals surface area contributed by atoms with E-state index in [1.807, 2.05) is 121 Å². The van der Waals surface area contributed by atoms with Crippen molar-refractivity contribution < 1.29 is 36.9 Å². The smallest absolute Gasteiger partial charge is 0.549 e. The molecule has 4 aromatic rings. The first kappa shape index (κ1) is 31.2. The van der Waals surface area contributed by atoms with Crippen molar-refractivity contribution in [3.8, 4) is 0 Å². The third kappa shape index (κ3) is 7.36. The molecule has 2 aliphatic heterocycles. The summed E-state index contributed by atoms with van der Waals surface area (Å²) in [6.45, 7) is 0. The molecule has 4 aromatic carbocycles. The molecule has 0 amide bonds. The van der Waals surface area contributed by atoms with Gasteiger partial charge in [-0.25, -0.2) is 0 Å². The Hall–Kier alpha value is -2.78. The molecule has 209 valence electrons. The molecule has 0 bridgehead atoms. The van der Waals surface area contributed by atoms with Gasteiger partial charge in [-0.1, -0.05) is 165 Å². The van der Waals surface area contributed by atoms with Gasteiger partial charge >= 0.3 is 17.1 Å². The number of hydrogen-bond acceptors (Lipinski definition) is 8. The van der Waals surface area contributed by atoms with Gasteiger partial charge in [-0.05, 0) is 33.4 Å². The van der Waals surface area contributed by atoms with Gasteiger partial charge in [0.25, 0.3) is 0 Å². The minimum atomic E-state index is -1.03. The van der Waals surface area contributed by atoms with Gasteiger partial charge in [0.05, 0.1) is 22.4 Å². The zero-order valence-electron chi connectivity index (χ0n) is 21.3. The largest absolute Gasteiger partial charge is 2.00 e. The van der Waals surface area contributed by atoms with Crippen molar-refractivity contribution in [1.29, 1.82) is 0 Å². The van der Waals surface area contributed by atoms with E-state index in [1.165, 1.54) is 43.2 Å². The van der Waals surface area contributed by atoms with Gasteiger partial charge in [-0.15, -0.1) is 0 Å². The molecule has 6 rings (SSSR count). The quantitative estimate of drug-likeness (QED) is 0.180. The molecule has 0 N–H and O–H groups in total. The average molecular weight is 662 g/mol. The van der Waals surface area contributed by atoms with E-state index in [0.29, 0.717) is 0 Å². The van der Waals surface area contributed by atoms with Crippen molar-refractivity contribution in [2.24, 2.45) is 0 Å². The van der Waals surface area contributed by atoms with Crippen LogP contribution in [0.4, 0.5) is 0 Å². The second-order valence-electron chi connectivity index (χ2n) is 8.71. The summed E-state index contributed by atoms with van der Waals surface area (Å²) in [6, 6.07) is 39.1. The molecule has 0 aliphatic carbocycles. The zero-order valence-corrected chi connectivity index (χ0v) is 25.5. The summed E-state index contributed by atoms with van der Waals surface area (Å²) in [5.41, 5.74) is 5.66. The molecule has 2 atom stereocenters. The van der Waals surface area contributed by atoms with Gasteiger partial charge in [0.15, 0.2) is 0 Å². The van der Waals surface area contributed by atoms with Crippen LogP contribution in [0.2, 0.25) is 0 Å². The first-order chi connectivity index (χ1) is 19.5. The van der Waals surface area contributed by atoms with E-state index in [1.54, 1.807) is 0 Å². The standard InChI is InChI=1S/2C16H12O2S2.Cu/c2*17-16(18)15-13(11-7-3-1-4-8-11)14(19-20-15)12-9-5-2-6-10-12;/h2*1-10,15H,(H,17,18);/q;;+2/p-2. The molecule has 0 fully saturated rings. The van der Waals surface area contributed by atoms with Gasteiger partial charge in [0, 0.05) is 9.81 Å². The third-order valence-corrected chi connectivity index (χ3v) is 11.5. The van der Waals surface area contributed by atoms with Crippen molar-refractivity contribution in [3.05, 3.63) is 144 Å². The molecular formula is C32H22CuO4S4. The summed E-state index contributed by atoms with van der Waals surface area (Å²) < 4.78 is 0. The fourth-order valence-electron chi connectivity index (χ4n) is 4.32. The van der Waals surface area contributed by atoms with E-state index in [2.05, 4.69) is 0 Å². The molecule has 0 spiro atoms. The Morgan fingerprint density at radius 1 is 0.463 bits per heavy atom. The Morgan fingerprint density at radius 3 is 1.00 bits per heavy atom. The second kappa shape index (κ2) is 14.9. The minimum Gasteiger partial charge on any atom is -0.549 e. The first-order valence-corrected chi connectivity index (χ1v) is 16.8. The molecule has 41 heavy (non-hydrogen) atoms. The van der Waals surface area contributed by atoms with Gasteiger partial charge in [0.1, 0.15) is 0 Å². The van der Waals surface area contributed by atoms with Crippen molar-refractivity contribution >= 4 is 76.1 Å². The number of rotatable bonds is 6. The summed E-state index contributed by atoms with van der Waals surface area (Å²) in [6.07, 6.45) is 0. The summed E-state index contributed by atoms with van der Waals surface area (Å²) in [5, 5.41) is 21.5. The topological polar surface area (TPSA) is 80.3 Å². The maximum atomic E-state index is 11.4. The molecule has 2 heterocycles. The second-order valence-corrected chi connectivity index (χ2v) is 13.3. The molecule has 0 saturated carbocycles. The molecule has 0 saturated heterocycles. The third-order valence-electron chi connectivity index (χ3n) is 6.14. The number of hydrogen-bond donors (Lipinski definition) is 0. The summed E-state index contributed by atoms with van der Waals surface area (Å²) in [7, 11) is 5.69. The predicted octanol–water partition coefficient (Wildman–Crippen LogP) is 6.13. The number of carboxylic acid groups (broad SMARTS) is 2. The van der Waals surface area contributed by atoms with E-state index in [4.69, 9.17) is 0 Å². The number of aliphatic carboxylic acids is 2. The molecule has 4 nitrogen and oxygen atoms in total. The first-order valence-electron chi connectivity index (χ1n) is 12.3. The fourth-order valence-corrected chi connectivity index (χ4v) is 10.1. The van der Waals surface area contributed by atoms with E-state index in [0.717, 1.165) is 43.2 Å². The van der Waals surface area contributed by atoms with Crippen LogP contribution >= 0.6 is 43.2 Å². The van der Waals surface area contributed by atoms with Crippen LogP contribution in [0.3, 0.4) is 0 Å². The van der Waals surface area contributed by atoms with Crippen LogP contribution in [-0.4, -0.2) is 22.4 Å². The van der Waals surface area contributed by atoms with Crippen molar-refractivity contribution in [3.63, 3.8) is 0 Å². The van der Waals surface area contributed by atoms with Crippen LogP contribution in [0.25, 0.3) is 21.0 Å². The molecule has 2 unspecified atom stereocenters. The summed E-state index contributed by atoms with van der Waals surface area (Å²) >= 11 is 0. The fraction of sp³-hybridized carbons (Fsp3) is 0.0625. The Bertz CT molecular complexity index is 1430. The maximum Gasteiger partial charge on any atom is 2.00 e. The minimum absolute atomic E-state index is 0. The molecular weight excluding hydrogens is 640 g/mol. The van der Waals surface area contributed by atoms with E-state index in [9.17, 15) is 19.8 Å².